The number of rotatable bonds is 7. The molecular weight excluding hydrogens is 242 g/mol. The van der Waals surface area contributed by atoms with Crippen molar-refractivity contribution in [2.45, 2.75) is 19.8 Å². The van der Waals surface area contributed by atoms with Crippen molar-refractivity contribution in [3.05, 3.63) is 0 Å². The van der Waals surface area contributed by atoms with Crippen LogP contribution in [-0.4, -0.2) is 63.0 Å². The van der Waals surface area contributed by atoms with Gasteiger partial charge < -0.3 is 10.5 Å². The molecule has 0 aromatic heterocycles. The summed E-state index contributed by atoms with van der Waals surface area (Å²) in [6.45, 7) is 5.17. The fraction of sp³-hybridized carbons (Fsp3) is 1.00. The minimum absolute atomic E-state index is 0.354. The van der Waals surface area contributed by atoms with E-state index in [0.29, 0.717) is 45.9 Å². The summed E-state index contributed by atoms with van der Waals surface area (Å²) in [5.74, 6) is 0. The molecule has 0 bridgehead atoms. The van der Waals surface area contributed by atoms with E-state index in [4.69, 9.17) is 10.5 Å². The summed E-state index contributed by atoms with van der Waals surface area (Å²) < 4.78 is 32.8. The van der Waals surface area contributed by atoms with E-state index in [1.54, 1.807) is 0 Å². The molecule has 102 valence electrons. The Balaban J connectivity index is 2.67. The zero-order valence-corrected chi connectivity index (χ0v) is 11.3. The first kappa shape index (κ1) is 14.8. The van der Waals surface area contributed by atoms with Crippen molar-refractivity contribution in [3.63, 3.8) is 0 Å². The van der Waals surface area contributed by atoms with Crippen LogP contribution < -0.4 is 5.73 Å². The van der Waals surface area contributed by atoms with Gasteiger partial charge in [-0.3, -0.25) is 0 Å². The summed E-state index contributed by atoms with van der Waals surface area (Å²) in [5, 5.41) is 0. The molecule has 0 saturated carbocycles. The predicted octanol–water partition coefficient (Wildman–Crippen LogP) is -0.376. The number of ether oxygens (including phenoxy) is 1. The third kappa shape index (κ3) is 4.18. The topological polar surface area (TPSA) is 75.9 Å². The van der Waals surface area contributed by atoms with Gasteiger partial charge in [0.15, 0.2) is 0 Å². The molecule has 1 saturated heterocycles. The number of morpholine rings is 1. The van der Waals surface area contributed by atoms with Crippen molar-refractivity contribution in [2.75, 3.05) is 45.9 Å². The molecule has 2 N–H and O–H groups in total. The molecule has 0 atom stereocenters. The van der Waals surface area contributed by atoms with Crippen molar-refractivity contribution < 1.29 is 13.2 Å². The third-order valence-corrected chi connectivity index (χ3v) is 4.80. The van der Waals surface area contributed by atoms with Gasteiger partial charge in [-0.2, -0.15) is 17.0 Å². The molecule has 1 aliphatic rings. The van der Waals surface area contributed by atoms with Gasteiger partial charge in [0, 0.05) is 32.7 Å². The van der Waals surface area contributed by atoms with Gasteiger partial charge in [0.2, 0.25) is 0 Å². The van der Waals surface area contributed by atoms with Gasteiger partial charge >= 0.3 is 0 Å². The van der Waals surface area contributed by atoms with Crippen LogP contribution in [-0.2, 0) is 14.9 Å². The quantitative estimate of drug-likeness (QED) is 0.681. The lowest BCUT2D eigenvalue weighted by atomic mass is 10.3. The molecule has 17 heavy (non-hydrogen) atoms. The standard InChI is InChI=1S/C10H23N3O3S/c1-2-3-5-12(6-4-11)17(14,15)13-7-9-16-10-8-13/h2-11H2,1H3. The average Bonchev–Trinajstić information content (AvgIpc) is 2.35. The van der Waals surface area contributed by atoms with Crippen LogP contribution in [0.4, 0.5) is 0 Å². The van der Waals surface area contributed by atoms with Crippen LogP contribution in [0.2, 0.25) is 0 Å². The molecule has 1 fully saturated rings. The molecule has 1 rings (SSSR count). The molecule has 0 aromatic carbocycles. The minimum atomic E-state index is -3.35. The Kier molecular flexibility index (Phi) is 6.35. The van der Waals surface area contributed by atoms with Gasteiger partial charge in [0.05, 0.1) is 13.2 Å². The molecule has 0 aliphatic carbocycles. The first-order valence-corrected chi connectivity index (χ1v) is 7.55. The van der Waals surface area contributed by atoms with Crippen molar-refractivity contribution in [1.82, 2.24) is 8.61 Å². The van der Waals surface area contributed by atoms with Crippen molar-refractivity contribution in [1.29, 1.82) is 0 Å². The van der Waals surface area contributed by atoms with Crippen LogP contribution >= 0.6 is 0 Å². The maximum atomic E-state index is 12.3. The summed E-state index contributed by atoms with van der Waals surface area (Å²) in [7, 11) is -3.35. The normalized spacial score (nSPS) is 18.8. The number of unbranched alkanes of at least 4 members (excludes halogenated alkanes) is 1. The Hall–Kier alpha value is -0.210. The lowest BCUT2D eigenvalue weighted by molar-refractivity contribution is 0.0702. The van der Waals surface area contributed by atoms with E-state index < -0.39 is 10.2 Å². The van der Waals surface area contributed by atoms with Gasteiger partial charge in [-0.25, -0.2) is 0 Å². The number of hydrogen-bond donors (Lipinski definition) is 1. The van der Waals surface area contributed by atoms with Crippen LogP contribution in [0.1, 0.15) is 19.8 Å². The van der Waals surface area contributed by atoms with Crippen LogP contribution in [0.15, 0.2) is 0 Å². The zero-order valence-electron chi connectivity index (χ0n) is 10.5. The first-order valence-electron chi connectivity index (χ1n) is 6.16. The molecular formula is C10H23N3O3S. The van der Waals surface area contributed by atoms with E-state index in [1.807, 2.05) is 6.92 Å². The Morgan fingerprint density at radius 2 is 1.94 bits per heavy atom. The van der Waals surface area contributed by atoms with Crippen molar-refractivity contribution in [2.24, 2.45) is 5.73 Å². The highest BCUT2D eigenvalue weighted by Crippen LogP contribution is 2.11. The van der Waals surface area contributed by atoms with E-state index in [9.17, 15) is 8.42 Å². The highest BCUT2D eigenvalue weighted by molar-refractivity contribution is 7.86. The Labute approximate surface area is 104 Å². The minimum Gasteiger partial charge on any atom is -0.379 e. The summed E-state index contributed by atoms with van der Waals surface area (Å²) in [5.41, 5.74) is 5.48. The van der Waals surface area contributed by atoms with Gasteiger partial charge in [-0.05, 0) is 6.42 Å². The van der Waals surface area contributed by atoms with Crippen LogP contribution in [0, 0.1) is 0 Å². The second-order valence-electron chi connectivity index (χ2n) is 4.06. The number of nitrogens with zero attached hydrogens (tertiary/aromatic N) is 2. The SMILES string of the molecule is CCCCN(CCN)S(=O)(=O)N1CCOCC1. The highest BCUT2D eigenvalue weighted by Gasteiger charge is 2.29. The second-order valence-corrected chi connectivity index (χ2v) is 5.99. The summed E-state index contributed by atoms with van der Waals surface area (Å²) in [6, 6.07) is 0. The van der Waals surface area contributed by atoms with Crippen molar-refractivity contribution in [3.8, 4) is 0 Å². The van der Waals surface area contributed by atoms with Crippen LogP contribution in [0.3, 0.4) is 0 Å². The molecule has 0 unspecified atom stereocenters. The molecule has 1 heterocycles. The molecule has 0 aromatic rings. The van der Waals surface area contributed by atoms with Gasteiger partial charge in [0.25, 0.3) is 10.2 Å². The Morgan fingerprint density at radius 1 is 1.29 bits per heavy atom. The second kappa shape index (κ2) is 7.27. The van der Waals surface area contributed by atoms with E-state index in [0.717, 1.165) is 12.8 Å². The van der Waals surface area contributed by atoms with Gasteiger partial charge in [0.1, 0.15) is 0 Å². The van der Waals surface area contributed by atoms with Crippen molar-refractivity contribution >= 4 is 10.2 Å². The monoisotopic (exact) mass is 265 g/mol. The summed E-state index contributed by atoms with van der Waals surface area (Å²) in [6.07, 6.45) is 1.84. The van der Waals surface area contributed by atoms with Crippen LogP contribution in [0.5, 0.6) is 0 Å². The number of nitrogens with two attached hydrogens (primary N) is 1. The third-order valence-electron chi connectivity index (χ3n) is 2.76. The maximum Gasteiger partial charge on any atom is 0.282 e. The molecule has 0 radical (unpaired) electrons. The molecule has 0 spiro atoms. The maximum absolute atomic E-state index is 12.3. The lowest BCUT2D eigenvalue weighted by Gasteiger charge is -2.31. The molecule has 0 amide bonds. The number of hydrogen-bond acceptors (Lipinski definition) is 4. The van der Waals surface area contributed by atoms with Crippen LogP contribution in [0.25, 0.3) is 0 Å². The van der Waals surface area contributed by atoms with E-state index in [1.165, 1.54) is 8.61 Å². The smallest absolute Gasteiger partial charge is 0.282 e. The largest absolute Gasteiger partial charge is 0.379 e. The summed E-state index contributed by atoms with van der Waals surface area (Å²) >= 11 is 0. The fourth-order valence-corrected chi connectivity index (χ4v) is 3.39. The molecule has 6 nitrogen and oxygen atoms in total. The van der Waals surface area contributed by atoms with E-state index >= 15 is 0 Å². The van der Waals surface area contributed by atoms with Gasteiger partial charge in [-0.15, -0.1) is 0 Å². The summed E-state index contributed by atoms with van der Waals surface area (Å²) in [4.78, 5) is 0. The Morgan fingerprint density at radius 3 is 2.47 bits per heavy atom. The first-order chi connectivity index (χ1) is 8.12. The highest BCUT2D eigenvalue weighted by atomic mass is 32.2. The average molecular weight is 265 g/mol. The molecule has 1 aliphatic heterocycles. The fourth-order valence-electron chi connectivity index (χ4n) is 1.76. The zero-order chi connectivity index (χ0) is 12.7. The van der Waals surface area contributed by atoms with E-state index in [-0.39, 0.29) is 0 Å². The predicted molar refractivity (Wildman–Crippen MR) is 66.8 cm³/mol. The van der Waals surface area contributed by atoms with E-state index in [2.05, 4.69) is 0 Å². The molecule has 7 heteroatoms. The Bertz CT molecular complexity index is 302. The lowest BCUT2D eigenvalue weighted by Crippen LogP contribution is -2.50. The van der Waals surface area contributed by atoms with Gasteiger partial charge in [-0.1, -0.05) is 13.3 Å².